The van der Waals surface area contributed by atoms with Gasteiger partial charge in [0.05, 0.1) is 0 Å². The van der Waals surface area contributed by atoms with Gasteiger partial charge in [-0.1, -0.05) is 32.1 Å². The summed E-state index contributed by atoms with van der Waals surface area (Å²) >= 11 is 0. The van der Waals surface area contributed by atoms with Crippen molar-refractivity contribution in [1.82, 2.24) is 5.32 Å². The molecule has 0 radical (unpaired) electrons. The lowest BCUT2D eigenvalue weighted by Gasteiger charge is -2.21. The first-order chi connectivity index (χ1) is 9.13. The zero-order valence-electron chi connectivity index (χ0n) is 11.7. The summed E-state index contributed by atoms with van der Waals surface area (Å²) in [5.74, 6) is -0.515. The number of amides is 1. The molecule has 1 aliphatic rings. The van der Waals surface area contributed by atoms with Gasteiger partial charge in [-0.25, -0.2) is 4.79 Å². The number of carbonyl (C=O) groups is 2. The lowest BCUT2D eigenvalue weighted by Crippen LogP contribution is -2.41. The smallest absolute Gasteiger partial charge is 0.326 e. The van der Waals surface area contributed by atoms with Crippen molar-refractivity contribution < 1.29 is 19.4 Å². The average molecular weight is 271 g/mol. The molecule has 0 bridgehead atoms. The summed E-state index contributed by atoms with van der Waals surface area (Å²) in [5.41, 5.74) is 0. The molecule has 0 spiro atoms. The maximum Gasteiger partial charge on any atom is 0.326 e. The average Bonchev–Trinajstić information content (AvgIpc) is 2.42. The Labute approximate surface area is 114 Å². The van der Waals surface area contributed by atoms with Crippen LogP contribution in [-0.2, 0) is 14.3 Å². The zero-order chi connectivity index (χ0) is 14.1. The summed E-state index contributed by atoms with van der Waals surface area (Å²) < 4.78 is 4.84. The van der Waals surface area contributed by atoms with Gasteiger partial charge in [0.1, 0.15) is 6.04 Å². The van der Waals surface area contributed by atoms with E-state index in [1.54, 1.807) is 0 Å². The molecule has 1 fully saturated rings. The molecule has 0 saturated heterocycles. The fraction of sp³-hybridized carbons (Fsp3) is 0.857. The van der Waals surface area contributed by atoms with Crippen molar-refractivity contribution in [2.45, 2.75) is 57.4 Å². The molecule has 5 heteroatoms. The number of rotatable bonds is 8. The highest BCUT2D eigenvalue weighted by Gasteiger charge is 2.20. The quantitative estimate of drug-likeness (QED) is 0.707. The highest BCUT2D eigenvalue weighted by molar-refractivity contribution is 5.83. The minimum Gasteiger partial charge on any atom is -0.480 e. The van der Waals surface area contributed by atoms with E-state index >= 15 is 0 Å². The maximum atomic E-state index is 11.7. The fourth-order valence-corrected chi connectivity index (χ4v) is 2.57. The predicted octanol–water partition coefficient (Wildman–Crippen LogP) is 1.95. The molecule has 0 aromatic carbocycles. The molecule has 0 heterocycles. The van der Waals surface area contributed by atoms with Crippen molar-refractivity contribution in [1.29, 1.82) is 0 Å². The van der Waals surface area contributed by atoms with Crippen LogP contribution in [0.25, 0.3) is 0 Å². The predicted molar refractivity (Wildman–Crippen MR) is 71.9 cm³/mol. The van der Waals surface area contributed by atoms with Crippen LogP contribution in [0.1, 0.15) is 51.4 Å². The van der Waals surface area contributed by atoms with Crippen LogP contribution in [-0.4, -0.2) is 36.7 Å². The van der Waals surface area contributed by atoms with Crippen LogP contribution in [0.5, 0.6) is 0 Å². The SMILES string of the molecule is COCCC(NC(=O)CCC1CCCCC1)C(=O)O. The summed E-state index contributed by atoms with van der Waals surface area (Å²) in [4.78, 5) is 22.7. The molecule has 1 amide bonds. The van der Waals surface area contributed by atoms with Crippen LogP contribution in [0.15, 0.2) is 0 Å². The van der Waals surface area contributed by atoms with E-state index in [-0.39, 0.29) is 5.91 Å². The number of nitrogens with one attached hydrogen (secondary N) is 1. The summed E-state index contributed by atoms with van der Waals surface area (Å²) in [6, 6.07) is -0.834. The third-order valence-corrected chi connectivity index (χ3v) is 3.75. The Morgan fingerprint density at radius 1 is 1.32 bits per heavy atom. The molecule has 1 unspecified atom stereocenters. The Morgan fingerprint density at radius 2 is 2.00 bits per heavy atom. The Kier molecular flexibility index (Phi) is 7.48. The number of ether oxygens (including phenoxy) is 1. The molecule has 1 atom stereocenters. The molecule has 2 N–H and O–H groups in total. The van der Waals surface area contributed by atoms with Gasteiger partial charge in [0.2, 0.25) is 5.91 Å². The highest BCUT2D eigenvalue weighted by Crippen LogP contribution is 2.27. The van der Waals surface area contributed by atoms with Crippen molar-refractivity contribution in [3.63, 3.8) is 0 Å². The van der Waals surface area contributed by atoms with E-state index in [0.29, 0.717) is 25.4 Å². The van der Waals surface area contributed by atoms with Gasteiger partial charge in [0.15, 0.2) is 0 Å². The van der Waals surface area contributed by atoms with E-state index in [4.69, 9.17) is 9.84 Å². The van der Waals surface area contributed by atoms with E-state index < -0.39 is 12.0 Å². The minimum atomic E-state index is -0.997. The maximum absolute atomic E-state index is 11.7. The van der Waals surface area contributed by atoms with Crippen molar-refractivity contribution in [3.8, 4) is 0 Å². The second-order valence-corrected chi connectivity index (χ2v) is 5.28. The number of hydrogen-bond donors (Lipinski definition) is 2. The van der Waals surface area contributed by atoms with Crippen LogP contribution in [0.4, 0.5) is 0 Å². The fourth-order valence-electron chi connectivity index (χ4n) is 2.57. The van der Waals surface area contributed by atoms with E-state index in [2.05, 4.69) is 5.32 Å². The minimum absolute atomic E-state index is 0.158. The first-order valence-electron chi connectivity index (χ1n) is 7.14. The number of carboxylic acids is 1. The summed E-state index contributed by atoms with van der Waals surface area (Å²) in [5, 5.41) is 11.6. The summed E-state index contributed by atoms with van der Waals surface area (Å²) in [6.45, 7) is 0.333. The summed E-state index contributed by atoms with van der Waals surface area (Å²) in [7, 11) is 1.52. The largest absolute Gasteiger partial charge is 0.480 e. The van der Waals surface area contributed by atoms with Gasteiger partial charge in [-0.3, -0.25) is 4.79 Å². The Bertz CT molecular complexity index is 287. The van der Waals surface area contributed by atoms with Crippen LogP contribution >= 0.6 is 0 Å². The van der Waals surface area contributed by atoms with Gasteiger partial charge in [0, 0.05) is 26.6 Å². The van der Waals surface area contributed by atoms with Gasteiger partial charge in [-0.2, -0.15) is 0 Å². The first-order valence-corrected chi connectivity index (χ1v) is 7.14. The number of hydrogen-bond acceptors (Lipinski definition) is 3. The number of methoxy groups -OCH3 is 1. The molecule has 110 valence electrons. The topological polar surface area (TPSA) is 75.6 Å². The molecule has 1 saturated carbocycles. The Hall–Kier alpha value is -1.10. The third kappa shape index (κ3) is 6.57. The van der Waals surface area contributed by atoms with E-state index in [1.165, 1.54) is 39.2 Å². The molecular formula is C14H25NO4. The first kappa shape index (κ1) is 16.0. The molecule has 5 nitrogen and oxygen atoms in total. The second-order valence-electron chi connectivity index (χ2n) is 5.28. The zero-order valence-corrected chi connectivity index (χ0v) is 11.7. The molecule has 19 heavy (non-hydrogen) atoms. The van der Waals surface area contributed by atoms with Gasteiger partial charge in [-0.15, -0.1) is 0 Å². The molecular weight excluding hydrogens is 246 g/mol. The monoisotopic (exact) mass is 271 g/mol. The highest BCUT2D eigenvalue weighted by atomic mass is 16.5. The Balaban J connectivity index is 2.25. The normalized spacial score (nSPS) is 17.9. The lowest BCUT2D eigenvalue weighted by atomic mass is 9.86. The standard InChI is InChI=1S/C14H25NO4/c1-19-10-9-12(14(17)18)15-13(16)8-7-11-5-3-2-4-6-11/h11-12H,2-10H2,1H3,(H,15,16)(H,17,18). The van der Waals surface area contributed by atoms with Crippen LogP contribution in [0, 0.1) is 5.92 Å². The van der Waals surface area contributed by atoms with Crippen molar-refractivity contribution >= 4 is 11.9 Å². The van der Waals surface area contributed by atoms with Gasteiger partial charge < -0.3 is 15.2 Å². The van der Waals surface area contributed by atoms with Crippen LogP contribution in [0.2, 0.25) is 0 Å². The van der Waals surface area contributed by atoms with Gasteiger partial charge >= 0.3 is 5.97 Å². The molecule has 0 aromatic rings. The van der Waals surface area contributed by atoms with E-state index in [9.17, 15) is 9.59 Å². The summed E-state index contributed by atoms with van der Waals surface area (Å²) in [6.07, 6.45) is 7.86. The molecule has 1 aliphatic carbocycles. The van der Waals surface area contributed by atoms with Crippen LogP contribution in [0.3, 0.4) is 0 Å². The van der Waals surface area contributed by atoms with Gasteiger partial charge in [0.25, 0.3) is 0 Å². The van der Waals surface area contributed by atoms with E-state index in [1.807, 2.05) is 0 Å². The van der Waals surface area contributed by atoms with Crippen molar-refractivity contribution in [2.24, 2.45) is 5.92 Å². The third-order valence-electron chi connectivity index (χ3n) is 3.75. The molecule has 0 aromatic heterocycles. The number of carboxylic acid groups (broad SMARTS) is 1. The van der Waals surface area contributed by atoms with Crippen molar-refractivity contribution in [2.75, 3.05) is 13.7 Å². The molecule has 0 aliphatic heterocycles. The van der Waals surface area contributed by atoms with Crippen molar-refractivity contribution in [3.05, 3.63) is 0 Å². The van der Waals surface area contributed by atoms with Gasteiger partial charge in [-0.05, 0) is 12.3 Å². The number of aliphatic carboxylic acids is 1. The number of carbonyl (C=O) groups excluding carboxylic acids is 1. The Morgan fingerprint density at radius 3 is 2.58 bits per heavy atom. The van der Waals surface area contributed by atoms with E-state index in [0.717, 1.165) is 6.42 Å². The molecule has 1 rings (SSSR count). The lowest BCUT2D eigenvalue weighted by molar-refractivity contribution is -0.142. The van der Waals surface area contributed by atoms with Crippen LogP contribution < -0.4 is 5.32 Å². The second kappa shape index (κ2) is 8.91.